The summed E-state index contributed by atoms with van der Waals surface area (Å²) in [6.45, 7) is 1.71. The van der Waals surface area contributed by atoms with Gasteiger partial charge < -0.3 is 10.1 Å². The topological polar surface area (TPSA) is 38.3 Å². The second-order valence-electron chi connectivity index (χ2n) is 5.55. The van der Waals surface area contributed by atoms with E-state index in [0.717, 1.165) is 16.5 Å². The molecule has 1 N–H and O–H groups in total. The number of benzene rings is 3. The number of anilines is 1. The first-order valence-corrected chi connectivity index (χ1v) is 8.69. The molecular formula is C19H14Cl3NO2. The molecule has 128 valence electrons. The molecular weight excluding hydrogens is 381 g/mol. The van der Waals surface area contributed by atoms with Gasteiger partial charge in [0.2, 0.25) is 0 Å². The van der Waals surface area contributed by atoms with Crippen LogP contribution >= 0.6 is 34.8 Å². The van der Waals surface area contributed by atoms with Gasteiger partial charge >= 0.3 is 5.97 Å². The van der Waals surface area contributed by atoms with Crippen LogP contribution in [0.5, 0.6) is 5.75 Å². The van der Waals surface area contributed by atoms with Gasteiger partial charge in [-0.1, -0.05) is 65.1 Å². The molecule has 0 radical (unpaired) electrons. The van der Waals surface area contributed by atoms with Crippen molar-refractivity contribution in [2.45, 2.75) is 13.0 Å². The molecule has 0 aliphatic rings. The fourth-order valence-electron chi connectivity index (χ4n) is 2.37. The molecule has 3 aromatic rings. The van der Waals surface area contributed by atoms with E-state index in [-0.39, 0.29) is 15.8 Å². The molecule has 0 amide bonds. The van der Waals surface area contributed by atoms with Crippen molar-refractivity contribution in [2.75, 3.05) is 5.32 Å². The van der Waals surface area contributed by atoms with Gasteiger partial charge in [-0.15, -0.1) is 0 Å². The number of nitrogens with one attached hydrogen (secondary N) is 1. The molecule has 3 aromatic carbocycles. The Morgan fingerprint density at radius 2 is 1.60 bits per heavy atom. The van der Waals surface area contributed by atoms with Gasteiger partial charge in [-0.3, -0.25) is 0 Å². The summed E-state index contributed by atoms with van der Waals surface area (Å²) in [4.78, 5) is 12.3. The summed E-state index contributed by atoms with van der Waals surface area (Å²) in [7, 11) is 0. The number of halogens is 3. The van der Waals surface area contributed by atoms with E-state index in [0.29, 0.717) is 5.02 Å². The number of hydrogen-bond acceptors (Lipinski definition) is 3. The van der Waals surface area contributed by atoms with Crippen molar-refractivity contribution in [3.63, 3.8) is 0 Å². The van der Waals surface area contributed by atoms with Gasteiger partial charge in [-0.05, 0) is 35.9 Å². The molecule has 6 heteroatoms. The predicted molar refractivity (Wildman–Crippen MR) is 104 cm³/mol. The Kier molecular flexibility index (Phi) is 5.38. The van der Waals surface area contributed by atoms with Crippen molar-refractivity contribution in [3.05, 3.63) is 69.7 Å². The number of carbonyl (C=O) groups excluding carboxylic acids is 1. The zero-order valence-electron chi connectivity index (χ0n) is 13.2. The van der Waals surface area contributed by atoms with Gasteiger partial charge in [0.15, 0.2) is 5.75 Å². The van der Waals surface area contributed by atoms with E-state index in [1.807, 2.05) is 42.5 Å². The molecule has 0 unspecified atom stereocenters. The molecule has 0 bridgehead atoms. The predicted octanol–water partition coefficient (Wildman–Crippen LogP) is 6.21. The number of carbonyl (C=O) groups is 1. The highest BCUT2D eigenvalue weighted by Gasteiger charge is 2.18. The van der Waals surface area contributed by atoms with Crippen molar-refractivity contribution < 1.29 is 9.53 Å². The molecule has 0 aliphatic carbocycles. The molecule has 0 heterocycles. The van der Waals surface area contributed by atoms with Gasteiger partial charge in [0.1, 0.15) is 6.04 Å². The summed E-state index contributed by atoms with van der Waals surface area (Å²) >= 11 is 17.8. The summed E-state index contributed by atoms with van der Waals surface area (Å²) in [5.41, 5.74) is 0.823. The fourth-order valence-corrected chi connectivity index (χ4v) is 2.94. The zero-order valence-corrected chi connectivity index (χ0v) is 15.5. The molecule has 0 saturated heterocycles. The van der Waals surface area contributed by atoms with Crippen molar-refractivity contribution in [1.82, 2.24) is 0 Å². The summed E-state index contributed by atoms with van der Waals surface area (Å²) in [5.74, 6) is -0.304. The highest BCUT2D eigenvalue weighted by molar-refractivity contribution is 6.43. The Bertz CT molecular complexity index is 943. The lowest BCUT2D eigenvalue weighted by atomic mass is 10.1. The maximum atomic E-state index is 12.3. The Labute approximate surface area is 160 Å². The quantitative estimate of drug-likeness (QED) is 0.325. The van der Waals surface area contributed by atoms with Crippen molar-refractivity contribution in [2.24, 2.45) is 0 Å². The number of esters is 1. The van der Waals surface area contributed by atoms with Crippen LogP contribution in [0.4, 0.5) is 5.69 Å². The van der Waals surface area contributed by atoms with Crippen molar-refractivity contribution in [3.8, 4) is 5.75 Å². The second-order valence-corrected chi connectivity index (χ2v) is 6.77. The third kappa shape index (κ3) is 4.18. The maximum absolute atomic E-state index is 12.3. The van der Waals surface area contributed by atoms with Crippen molar-refractivity contribution in [1.29, 1.82) is 0 Å². The molecule has 0 spiro atoms. The molecule has 1 atom stereocenters. The van der Waals surface area contributed by atoms with E-state index >= 15 is 0 Å². The normalized spacial score (nSPS) is 12.0. The minimum atomic E-state index is -0.577. The highest BCUT2D eigenvalue weighted by Crippen LogP contribution is 2.34. The molecule has 3 rings (SSSR count). The van der Waals surface area contributed by atoms with Gasteiger partial charge in [0, 0.05) is 11.8 Å². The Morgan fingerprint density at radius 1 is 0.920 bits per heavy atom. The average molecular weight is 395 g/mol. The molecule has 0 aliphatic heterocycles. The first-order chi connectivity index (χ1) is 11.9. The van der Waals surface area contributed by atoms with Gasteiger partial charge in [0.05, 0.1) is 15.1 Å². The average Bonchev–Trinajstić information content (AvgIpc) is 2.59. The van der Waals surface area contributed by atoms with E-state index in [2.05, 4.69) is 5.32 Å². The number of hydrogen-bond donors (Lipinski definition) is 1. The van der Waals surface area contributed by atoms with Crippen LogP contribution in [0, 0.1) is 0 Å². The lowest BCUT2D eigenvalue weighted by Crippen LogP contribution is -2.30. The smallest absolute Gasteiger partial charge is 0.333 e. The van der Waals surface area contributed by atoms with E-state index in [1.165, 1.54) is 12.1 Å². The number of ether oxygens (including phenoxy) is 1. The Morgan fingerprint density at radius 3 is 2.36 bits per heavy atom. The first-order valence-electron chi connectivity index (χ1n) is 7.55. The number of rotatable bonds is 4. The second kappa shape index (κ2) is 7.52. The summed E-state index contributed by atoms with van der Waals surface area (Å²) in [5, 5.41) is 6.13. The van der Waals surface area contributed by atoms with E-state index in [9.17, 15) is 4.79 Å². The minimum absolute atomic E-state index is 0.174. The number of fused-ring (bicyclic) bond motifs is 1. The third-order valence-corrected chi connectivity index (χ3v) is 4.69. The van der Waals surface area contributed by atoms with E-state index < -0.39 is 12.0 Å². The standard InChI is InChI=1S/C19H14Cl3NO2/c1-11(19(24)25-18-10-16(21)15(20)9-17(18)22)23-14-7-6-12-4-2-3-5-13(12)8-14/h2-11,23H,1H3/t11-/m0/s1. The summed E-state index contributed by atoms with van der Waals surface area (Å²) in [6.07, 6.45) is 0. The third-order valence-electron chi connectivity index (χ3n) is 3.67. The van der Waals surface area contributed by atoms with E-state index in [1.54, 1.807) is 6.92 Å². The van der Waals surface area contributed by atoms with Gasteiger partial charge in [-0.25, -0.2) is 4.79 Å². The van der Waals surface area contributed by atoms with Crippen LogP contribution in [-0.2, 0) is 4.79 Å². The fraction of sp³-hybridized carbons (Fsp3) is 0.105. The maximum Gasteiger partial charge on any atom is 0.333 e. The van der Waals surface area contributed by atoms with Crippen LogP contribution in [0.2, 0.25) is 15.1 Å². The monoisotopic (exact) mass is 393 g/mol. The largest absolute Gasteiger partial charge is 0.423 e. The molecule has 0 fully saturated rings. The van der Waals surface area contributed by atoms with E-state index in [4.69, 9.17) is 39.5 Å². The first kappa shape index (κ1) is 17.9. The summed E-state index contributed by atoms with van der Waals surface area (Å²) in [6, 6.07) is 16.2. The SMILES string of the molecule is C[C@H](Nc1ccc2ccccc2c1)C(=O)Oc1cc(Cl)c(Cl)cc1Cl. The Balaban J connectivity index is 1.72. The van der Waals surface area contributed by atoms with Crippen LogP contribution in [-0.4, -0.2) is 12.0 Å². The zero-order chi connectivity index (χ0) is 18.0. The molecule has 0 saturated carbocycles. The molecule has 3 nitrogen and oxygen atoms in total. The van der Waals surface area contributed by atoms with Crippen molar-refractivity contribution >= 4 is 57.2 Å². The molecule has 25 heavy (non-hydrogen) atoms. The molecule has 0 aromatic heterocycles. The highest BCUT2D eigenvalue weighted by atomic mass is 35.5. The lowest BCUT2D eigenvalue weighted by Gasteiger charge is -2.15. The summed E-state index contributed by atoms with van der Waals surface area (Å²) < 4.78 is 5.33. The van der Waals surface area contributed by atoms with Crippen LogP contribution in [0.15, 0.2) is 54.6 Å². The van der Waals surface area contributed by atoms with Crippen LogP contribution in [0.25, 0.3) is 10.8 Å². The lowest BCUT2D eigenvalue weighted by molar-refractivity contribution is -0.134. The van der Waals surface area contributed by atoms with Crippen LogP contribution in [0.1, 0.15) is 6.92 Å². The minimum Gasteiger partial charge on any atom is -0.423 e. The Hall–Kier alpha value is -1.94. The van der Waals surface area contributed by atoms with Crippen LogP contribution in [0.3, 0.4) is 0 Å². The van der Waals surface area contributed by atoms with Gasteiger partial charge in [0.25, 0.3) is 0 Å². The van der Waals surface area contributed by atoms with Crippen LogP contribution < -0.4 is 10.1 Å². The van der Waals surface area contributed by atoms with Gasteiger partial charge in [-0.2, -0.15) is 0 Å².